The zero-order valence-electron chi connectivity index (χ0n) is 13.0. The molecule has 1 N–H and O–H groups in total. The highest BCUT2D eigenvalue weighted by Crippen LogP contribution is 2.23. The number of amides is 1. The summed E-state index contributed by atoms with van der Waals surface area (Å²) < 4.78 is 5.90. The molecule has 2 aliphatic heterocycles. The quantitative estimate of drug-likeness (QED) is 0.925. The minimum Gasteiger partial charge on any atom is -0.373 e. The Morgan fingerprint density at radius 2 is 2.18 bits per heavy atom. The second-order valence-electron chi connectivity index (χ2n) is 6.79. The Labute approximate surface area is 131 Å². The lowest BCUT2D eigenvalue weighted by molar-refractivity contribution is -0.0461. The second kappa shape index (κ2) is 6.01. The van der Waals surface area contributed by atoms with E-state index >= 15 is 0 Å². The van der Waals surface area contributed by atoms with Gasteiger partial charge in [0, 0.05) is 24.7 Å². The molecule has 2 fully saturated rings. The van der Waals surface area contributed by atoms with Crippen molar-refractivity contribution in [1.82, 2.24) is 10.2 Å². The van der Waals surface area contributed by atoms with E-state index in [0.717, 1.165) is 31.6 Å². The Kier molecular flexibility index (Phi) is 3.89. The summed E-state index contributed by atoms with van der Waals surface area (Å²) in [7, 11) is 0. The number of nitrogens with one attached hydrogen (secondary N) is 1. The molecule has 2 heterocycles. The minimum absolute atomic E-state index is 0.0295. The van der Waals surface area contributed by atoms with Crippen LogP contribution >= 0.6 is 0 Å². The monoisotopic (exact) mass is 300 g/mol. The van der Waals surface area contributed by atoms with Crippen molar-refractivity contribution in [3.05, 3.63) is 34.9 Å². The number of carbonyl (C=O) groups is 1. The number of carbonyl (C=O) groups excluding carboxylic acids is 1. The SMILES string of the molecule is O=C(NC[C@@H]1CN2CCC[C@H]2CO1)c1ccc2c(c1)CCC2. The van der Waals surface area contributed by atoms with E-state index in [1.165, 1.54) is 36.9 Å². The molecular formula is C18H24N2O2. The van der Waals surface area contributed by atoms with E-state index in [9.17, 15) is 4.79 Å². The van der Waals surface area contributed by atoms with Crippen LogP contribution in [0.15, 0.2) is 18.2 Å². The van der Waals surface area contributed by atoms with Gasteiger partial charge in [0.25, 0.3) is 5.91 Å². The van der Waals surface area contributed by atoms with Gasteiger partial charge in [-0.1, -0.05) is 6.07 Å². The van der Waals surface area contributed by atoms with E-state index in [2.05, 4.69) is 22.3 Å². The summed E-state index contributed by atoms with van der Waals surface area (Å²) >= 11 is 0. The lowest BCUT2D eigenvalue weighted by atomic mass is 10.1. The molecule has 4 heteroatoms. The van der Waals surface area contributed by atoms with Gasteiger partial charge in [-0.2, -0.15) is 0 Å². The average molecular weight is 300 g/mol. The van der Waals surface area contributed by atoms with E-state index < -0.39 is 0 Å². The Bertz CT molecular complexity index is 572. The van der Waals surface area contributed by atoms with Crippen molar-refractivity contribution in [2.75, 3.05) is 26.2 Å². The van der Waals surface area contributed by atoms with E-state index in [-0.39, 0.29) is 12.0 Å². The van der Waals surface area contributed by atoms with Gasteiger partial charge in [0.05, 0.1) is 12.7 Å². The molecule has 0 radical (unpaired) electrons. The zero-order valence-corrected chi connectivity index (χ0v) is 13.0. The molecule has 2 saturated heterocycles. The Hall–Kier alpha value is -1.39. The van der Waals surface area contributed by atoms with Crippen molar-refractivity contribution >= 4 is 5.91 Å². The third kappa shape index (κ3) is 2.77. The van der Waals surface area contributed by atoms with E-state index in [4.69, 9.17) is 4.74 Å². The van der Waals surface area contributed by atoms with Gasteiger partial charge in [-0.15, -0.1) is 0 Å². The lowest BCUT2D eigenvalue weighted by Gasteiger charge is -2.35. The molecule has 0 saturated carbocycles. The minimum atomic E-state index is 0.0295. The van der Waals surface area contributed by atoms with Crippen molar-refractivity contribution in [2.24, 2.45) is 0 Å². The first-order valence-electron chi connectivity index (χ1n) is 8.55. The van der Waals surface area contributed by atoms with Crippen LogP contribution < -0.4 is 5.32 Å². The predicted octanol–water partition coefficient (Wildman–Crippen LogP) is 1.77. The molecule has 3 aliphatic rings. The van der Waals surface area contributed by atoms with Gasteiger partial charge in [-0.3, -0.25) is 9.69 Å². The van der Waals surface area contributed by atoms with Gasteiger partial charge in [0.2, 0.25) is 0 Å². The third-order valence-electron chi connectivity index (χ3n) is 5.31. The first-order chi connectivity index (χ1) is 10.8. The highest BCUT2D eigenvalue weighted by molar-refractivity contribution is 5.94. The molecule has 1 amide bonds. The molecule has 0 spiro atoms. The number of fused-ring (bicyclic) bond motifs is 2. The number of nitrogens with zero attached hydrogens (tertiary/aromatic N) is 1. The molecule has 1 aromatic carbocycles. The number of aryl methyl sites for hydroxylation is 2. The number of ether oxygens (including phenoxy) is 1. The maximum absolute atomic E-state index is 12.3. The maximum Gasteiger partial charge on any atom is 0.251 e. The fourth-order valence-corrected chi connectivity index (χ4v) is 4.03. The zero-order chi connectivity index (χ0) is 14.9. The van der Waals surface area contributed by atoms with E-state index in [1.807, 2.05) is 6.07 Å². The summed E-state index contributed by atoms with van der Waals surface area (Å²) in [5, 5.41) is 3.05. The van der Waals surface area contributed by atoms with Crippen molar-refractivity contribution < 1.29 is 9.53 Å². The summed E-state index contributed by atoms with van der Waals surface area (Å²) in [6, 6.07) is 6.75. The first kappa shape index (κ1) is 14.2. The molecule has 2 atom stereocenters. The highest BCUT2D eigenvalue weighted by Gasteiger charge is 2.32. The Morgan fingerprint density at radius 3 is 3.14 bits per heavy atom. The van der Waals surface area contributed by atoms with Gasteiger partial charge in [0.1, 0.15) is 0 Å². The number of hydrogen-bond acceptors (Lipinski definition) is 3. The number of morpholine rings is 1. The summed E-state index contributed by atoms with van der Waals surface area (Å²) in [5.74, 6) is 0.0295. The summed E-state index contributed by atoms with van der Waals surface area (Å²) in [6.45, 7) is 3.57. The standard InChI is InChI=1S/C18H24N2O2/c21-18(15-7-6-13-3-1-4-14(13)9-15)19-10-17-11-20-8-2-5-16(20)12-22-17/h6-7,9,16-17H,1-5,8,10-12H2,(H,19,21)/t16-,17+/m0/s1. The first-order valence-corrected chi connectivity index (χ1v) is 8.55. The Balaban J connectivity index is 1.32. The Morgan fingerprint density at radius 1 is 1.27 bits per heavy atom. The van der Waals surface area contributed by atoms with E-state index in [0.29, 0.717) is 12.6 Å². The molecular weight excluding hydrogens is 276 g/mol. The summed E-state index contributed by atoms with van der Waals surface area (Å²) in [5.41, 5.74) is 3.55. The van der Waals surface area contributed by atoms with Gasteiger partial charge in [-0.05, 0) is 61.9 Å². The van der Waals surface area contributed by atoms with Crippen LogP contribution in [0.3, 0.4) is 0 Å². The van der Waals surface area contributed by atoms with Crippen LogP contribution in [0.2, 0.25) is 0 Å². The molecule has 1 aliphatic carbocycles. The summed E-state index contributed by atoms with van der Waals surface area (Å²) in [4.78, 5) is 14.8. The highest BCUT2D eigenvalue weighted by atomic mass is 16.5. The molecule has 0 aromatic heterocycles. The van der Waals surface area contributed by atoms with Crippen molar-refractivity contribution in [3.63, 3.8) is 0 Å². The molecule has 4 nitrogen and oxygen atoms in total. The maximum atomic E-state index is 12.3. The van der Waals surface area contributed by atoms with Gasteiger partial charge >= 0.3 is 0 Å². The van der Waals surface area contributed by atoms with Gasteiger partial charge in [0.15, 0.2) is 0 Å². The van der Waals surface area contributed by atoms with Gasteiger partial charge in [-0.25, -0.2) is 0 Å². The van der Waals surface area contributed by atoms with Crippen LogP contribution in [0, 0.1) is 0 Å². The number of rotatable bonds is 3. The van der Waals surface area contributed by atoms with Crippen LogP contribution in [0.1, 0.15) is 40.7 Å². The topological polar surface area (TPSA) is 41.6 Å². The van der Waals surface area contributed by atoms with Crippen LogP contribution in [0.4, 0.5) is 0 Å². The number of benzene rings is 1. The fourth-order valence-electron chi connectivity index (χ4n) is 4.03. The molecule has 22 heavy (non-hydrogen) atoms. The van der Waals surface area contributed by atoms with Crippen LogP contribution in [0.25, 0.3) is 0 Å². The average Bonchev–Trinajstić information content (AvgIpc) is 3.19. The van der Waals surface area contributed by atoms with Crippen LogP contribution in [0.5, 0.6) is 0 Å². The van der Waals surface area contributed by atoms with Crippen molar-refractivity contribution in [1.29, 1.82) is 0 Å². The molecule has 4 rings (SSSR count). The van der Waals surface area contributed by atoms with Crippen molar-refractivity contribution in [2.45, 2.75) is 44.2 Å². The fraction of sp³-hybridized carbons (Fsp3) is 0.611. The lowest BCUT2D eigenvalue weighted by Crippen LogP contribution is -2.50. The second-order valence-corrected chi connectivity index (χ2v) is 6.79. The van der Waals surface area contributed by atoms with E-state index in [1.54, 1.807) is 0 Å². The van der Waals surface area contributed by atoms with Gasteiger partial charge < -0.3 is 10.1 Å². The third-order valence-corrected chi connectivity index (χ3v) is 5.31. The van der Waals surface area contributed by atoms with Crippen molar-refractivity contribution in [3.8, 4) is 0 Å². The normalized spacial score (nSPS) is 27.5. The molecule has 0 unspecified atom stereocenters. The number of hydrogen-bond donors (Lipinski definition) is 1. The molecule has 118 valence electrons. The molecule has 1 aromatic rings. The predicted molar refractivity (Wildman–Crippen MR) is 85.1 cm³/mol. The van der Waals surface area contributed by atoms with Crippen LogP contribution in [-0.4, -0.2) is 49.2 Å². The van der Waals surface area contributed by atoms with Crippen LogP contribution in [-0.2, 0) is 17.6 Å². The summed E-state index contributed by atoms with van der Waals surface area (Å²) in [6.07, 6.45) is 6.15. The molecule has 0 bridgehead atoms. The largest absolute Gasteiger partial charge is 0.373 e. The smallest absolute Gasteiger partial charge is 0.251 e.